The summed E-state index contributed by atoms with van der Waals surface area (Å²) < 4.78 is 0. The van der Waals surface area contributed by atoms with E-state index >= 15 is 0 Å². The number of thiophene rings is 1. The van der Waals surface area contributed by atoms with E-state index < -0.39 is 24.3 Å². The highest BCUT2D eigenvalue weighted by atomic mass is 32.1. The van der Waals surface area contributed by atoms with Crippen molar-refractivity contribution in [1.29, 1.82) is 0 Å². The third kappa shape index (κ3) is 3.25. The molecule has 2 amide bonds. The average Bonchev–Trinajstić information content (AvgIpc) is 3.18. The van der Waals surface area contributed by atoms with Crippen LogP contribution in [0.25, 0.3) is 22.1 Å². The van der Waals surface area contributed by atoms with Gasteiger partial charge in [-0.1, -0.05) is 48.5 Å². The van der Waals surface area contributed by atoms with E-state index in [-0.39, 0.29) is 0 Å². The fraction of sp³-hybridized carbons (Fsp3) is 0.0455. The Hall–Kier alpha value is -3.51. The largest absolute Gasteiger partial charge is 0.480 e. The molecule has 3 aromatic rings. The zero-order valence-electron chi connectivity index (χ0n) is 14.7. The summed E-state index contributed by atoms with van der Waals surface area (Å²) in [5.74, 6) is -2.42. The van der Waals surface area contributed by atoms with Gasteiger partial charge in [0, 0.05) is 20.9 Å². The number of hydrogen-bond acceptors (Lipinski definition) is 4. The Morgan fingerprint density at radius 2 is 1.57 bits per heavy atom. The number of imide groups is 1. The van der Waals surface area contributed by atoms with E-state index in [1.54, 1.807) is 30.3 Å². The van der Waals surface area contributed by atoms with Crippen molar-refractivity contribution in [2.24, 2.45) is 0 Å². The summed E-state index contributed by atoms with van der Waals surface area (Å²) in [5, 5.41) is 9.09. The van der Waals surface area contributed by atoms with Gasteiger partial charge in [-0.25, -0.2) is 0 Å². The quantitative estimate of drug-likeness (QED) is 0.540. The third-order valence-electron chi connectivity index (χ3n) is 4.43. The van der Waals surface area contributed by atoms with Crippen molar-refractivity contribution in [3.8, 4) is 10.4 Å². The molecule has 2 heterocycles. The van der Waals surface area contributed by atoms with E-state index in [0.717, 1.165) is 20.2 Å². The topological polar surface area (TPSA) is 74.7 Å². The molecule has 0 saturated carbocycles. The van der Waals surface area contributed by atoms with Crippen LogP contribution < -0.4 is 0 Å². The predicted molar refractivity (Wildman–Crippen MR) is 108 cm³/mol. The van der Waals surface area contributed by atoms with Crippen LogP contribution in [-0.2, 0) is 9.59 Å². The number of benzene rings is 2. The Morgan fingerprint density at radius 1 is 0.893 bits per heavy atom. The van der Waals surface area contributed by atoms with Crippen molar-refractivity contribution in [3.63, 3.8) is 0 Å². The number of fused-ring (bicyclic) bond motifs is 1. The molecule has 0 bridgehead atoms. The van der Waals surface area contributed by atoms with Crippen molar-refractivity contribution in [3.05, 3.63) is 82.7 Å². The first-order chi connectivity index (χ1) is 13.5. The second-order valence-corrected chi connectivity index (χ2v) is 7.38. The van der Waals surface area contributed by atoms with Gasteiger partial charge >= 0.3 is 5.97 Å². The second-order valence-electron chi connectivity index (χ2n) is 6.26. The third-order valence-corrected chi connectivity index (χ3v) is 5.51. The second kappa shape index (κ2) is 7.25. The number of hydrogen-bond donors (Lipinski definition) is 1. The molecule has 1 aliphatic rings. The summed E-state index contributed by atoms with van der Waals surface area (Å²) in [6, 6.07) is 20.6. The van der Waals surface area contributed by atoms with Gasteiger partial charge in [0.15, 0.2) is 0 Å². The van der Waals surface area contributed by atoms with Crippen LogP contribution in [0, 0.1) is 0 Å². The van der Waals surface area contributed by atoms with Crippen LogP contribution in [0.4, 0.5) is 0 Å². The lowest BCUT2D eigenvalue weighted by molar-refractivity contribution is -0.141. The SMILES string of the molecule is O=C(O)CN1C(=O)C(=Cc2ccc(-c3ccccc3)s2)c2ccccc2C1=O. The van der Waals surface area contributed by atoms with Gasteiger partial charge in [0.1, 0.15) is 6.54 Å². The molecule has 6 heteroatoms. The molecule has 0 unspecified atom stereocenters. The molecule has 4 rings (SSSR count). The van der Waals surface area contributed by atoms with E-state index in [2.05, 4.69) is 0 Å². The number of carbonyl (C=O) groups is 3. The van der Waals surface area contributed by atoms with E-state index in [9.17, 15) is 14.4 Å². The van der Waals surface area contributed by atoms with E-state index in [1.165, 1.54) is 11.3 Å². The fourth-order valence-corrected chi connectivity index (χ4v) is 4.11. The molecule has 2 aromatic carbocycles. The Balaban J connectivity index is 1.78. The molecule has 0 aliphatic carbocycles. The van der Waals surface area contributed by atoms with Crippen molar-refractivity contribution in [2.75, 3.05) is 6.54 Å². The molecular weight excluding hydrogens is 374 g/mol. The van der Waals surface area contributed by atoms with Crippen LogP contribution in [0.3, 0.4) is 0 Å². The maximum Gasteiger partial charge on any atom is 0.323 e. The minimum absolute atomic E-state index is 0.318. The Bertz CT molecular complexity index is 1110. The van der Waals surface area contributed by atoms with Gasteiger partial charge in [-0.3, -0.25) is 19.3 Å². The van der Waals surface area contributed by atoms with Crippen molar-refractivity contribution in [1.82, 2.24) is 4.90 Å². The lowest BCUT2D eigenvalue weighted by Crippen LogP contribution is -2.44. The van der Waals surface area contributed by atoms with Crippen molar-refractivity contribution < 1.29 is 19.5 Å². The maximum atomic E-state index is 12.9. The Labute approximate surface area is 165 Å². The molecule has 0 atom stereocenters. The first-order valence-corrected chi connectivity index (χ1v) is 9.40. The highest BCUT2D eigenvalue weighted by molar-refractivity contribution is 7.16. The zero-order chi connectivity index (χ0) is 19.7. The number of carboxylic acid groups (broad SMARTS) is 1. The predicted octanol–water partition coefficient (Wildman–Crippen LogP) is 4.02. The summed E-state index contributed by atoms with van der Waals surface area (Å²) in [7, 11) is 0. The van der Waals surface area contributed by atoms with Gasteiger partial charge in [0.2, 0.25) is 0 Å². The fourth-order valence-electron chi connectivity index (χ4n) is 3.15. The first kappa shape index (κ1) is 17.9. The van der Waals surface area contributed by atoms with Crippen LogP contribution in [0.1, 0.15) is 20.8 Å². The summed E-state index contributed by atoms with van der Waals surface area (Å²) in [6.07, 6.45) is 1.72. The molecule has 1 aromatic heterocycles. The lowest BCUT2D eigenvalue weighted by Gasteiger charge is -2.27. The van der Waals surface area contributed by atoms with Crippen LogP contribution in [0.15, 0.2) is 66.7 Å². The van der Waals surface area contributed by atoms with Crippen molar-refractivity contribution in [2.45, 2.75) is 0 Å². The van der Waals surface area contributed by atoms with Gasteiger partial charge in [0.05, 0.1) is 0 Å². The van der Waals surface area contributed by atoms with E-state index in [1.807, 2.05) is 42.5 Å². The number of nitrogens with zero attached hydrogens (tertiary/aromatic N) is 1. The Kier molecular flexibility index (Phi) is 4.63. The number of carboxylic acids is 1. The van der Waals surface area contributed by atoms with Crippen LogP contribution in [-0.4, -0.2) is 34.3 Å². The zero-order valence-corrected chi connectivity index (χ0v) is 15.5. The molecule has 1 N–H and O–H groups in total. The van der Waals surface area contributed by atoms with Gasteiger partial charge < -0.3 is 5.11 Å². The molecule has 138 valence electrons. The first-order valence-electron chi connectivity index (χ1n) is 8.59. The normalized spacial score (nSPS) is 15.0. The van der Waals surface area contributed by atoms with Gasteiger partial charge in [-0.2, -0.15) is 0 Å². The minimum atomic E-state index is -1.23. The smallest absolute Gasteiger partial charge is 0.323 e. The van der Waals surface area contributed by atoms with Gasteiger partial charge in [0.25, 0.3) is 11.8 Å². The Morgan fingerprint density at radius 3 is 2.29 bits per heavy atom. The number of rotatable bonds is 4. The molecule has 0 radical (unpaired) electrons. The molecule has 0 saturated heterocycles. The molecular formula is C22H15NO4S. The van der Waals surface area contributed by atoms with Gasteiger partial charge in [-0.05, 0) is 35.4 Å². The summed E-state index contributed by atoms with van der Waals surface area (Å²) in [5.41, 5.74) is 2.25. The molecule has 0 spiro atoms. The summed E-state index contributed by atoms with van der Waals surface area (Å²) >= 11 is 1.52. The highest BCUT2D eigenvalue weighted by Crippen LogP contribution is 2.34. The molecule has 5 nitrogen and oxygen atoms in total. The van der Waals surface area contributed by atoms with Gasteiger partial charge in [-0.15, -0.1) is 11.3 Å². The van der Waals surface area contributed by atoms with Crippen LogP contribution in [0.5, 0.6) is 0 Å². The maximum absolute atomic E-state index is 12.9. The molecule has 0 fully saturated rings. The summed E-state index contributed by atoms with van der Waals surface area (Å²) in [4.78, 5) is 39.3. The number of aliphatic carboxylic acids is 1. The standard InChI is InChI=1S/C22H15NO4S/c24-20(25)13-23-21(26)17-9-5-4-8-16(17)18(22(23)27)12-15-10-11-19(28-15)14-6-2-1-3-7-14/h1-12H,13H2,(H,24,25). The summed E-state index contributed by atoms with van der Waals surface area (Å²) in [6.45, 7) is -0.664. The van der Waals surface area contributed by atoms with Crippen LogP contribution in [0.2, 0.25) is 0 Å². The van der Waals surface area contributed by atoms with E-state index in [0.29, 0.717) is 16.7 Å². The van der Waals surface area contributed by atoms with Crippen LogP contribution >= 0.6 is 11.3 Å². The number of amides is 2. The monoisotopic (exact) mass is 389 g/mol. The van der Waals surface area contributed by atoms with E-state index in [4.69, 9.17) is 5.11 Å². The molecule has 1 aliphatic heterocycles. The highest BCUT2D eigenvalue weighted by Gasteiger charge is 2.35. The average molecular weight is 389 g/mol. The minimum Gasteiger partial charge on any atom is -0.480 e. The number of carbonyl (C=O) groups excluding carboxylic acids is 2. The molecule has 28 heavy (non-hydrogen) atoms. The van der Waals surface area contributed by atoms with Crippen molar-refractivity contribution >= 4 is 40.8 Å². The lowest BCUT2D eigenvalue weighted by atomic mass is 9.93.